The SMILES string of the molecule is COc1cc(Cl)c(C(Cl)c2csc3ccccc23)cc1Cl. The summed E-state index contributed by atoms with van der Waals surface area (Å²) in [5.74, 6) is 0.546. The van der Waals surface area contributed by atoms with Crippen LogP contribution in [-0.2, 0) is 0 Å². The molecule has 0 radical (unpaired) electrons. The summed E-state index contributed by atoms with van der Waals surface area (Å²) in [5, 5.41) is 3.91. The van der Waals surface area contributed by atoms with Crippen molar-refractivity contribution in [2.45, 2.75) is 5.38 Å². The number of halogens is 3. The van der Waals surface area contributed by atoms with Gasteiger partial charge >= 0.3 is 0 Å². The minimum Gasteiger partial charge on any atom is -0.495 e. The molecular formula is C16H11Cl3OS. The van der Waals surface area contributed by atoms with Gasteiger partial charge in [-0.25, -0.2) is 0 Å². The Balaban J connectivity index is 2.10. The second-order valence-corrected chi connectivity index (χ2v) is 6.72. The van der Waals surface area contributed by atoms with Gasteiger partial charge in [-0.1, -0.05) is 41.4 Å². The Bertz CT molecular complexity index is 797. The van der Waals surface area contributed by atoms with Crippen LogP contribution in [0, 0.1) is 0 Å². The maximum Gasteiger partial charge on any atom is 0.138 e. The highest BCUT2D eigenvalue weighted by atomic mass is 35.5. The molecule has 0 N–H and O–H groups in total. The van der Waals surface area contributed by atoms with Gasteiger partial charge in [-0.2, -0.15) is 0 Å². The molecule has 21 heavy (non-hydrogen) atoms. The lowest BCUT2D eigenvalue weighted by atomic mass is 10.0. The fourth-order valence-corrected chi connectivity index (χ4v) is 4.25. The number of thiophene rings is 1. The normalized spacial score (nSPS) is 12.6. The predicted octanol–water partition coefficient (Wildman–Crippen LogP) is 6.54. The molecule has 0 fully saturated rings. The third kappa shape index (κ3) is 2.74. The zero-order chi connectivity index (χ0) is 15.0. The lowest BCUT2D eigenvalue weighted by Crippen LogP contribution is -1.95. The van der Waals surface area contributed by atoms with Crippen molar-refractivity contribution in [3.8, 4) is 5.75 Å². The minimum absolute atomic E-state index is 0.350. The number of fused-ring (bicyclic) bond motifs is 1. The molecule has 1 nitrogen and oxygen atoms in total. The van der Waals surface area contributed by atoms with Crippen LogP contribution < -0.4 is 4.74 Å². The van der Waals surface area contributed by atoms with E-state index in [9.17, 15) is 0 Å². The van der Waals surface area contributed by atoms with Crippen LogP contribution >= 0.6 is 46.1 Å². The number of rotatable bonds is 3. The Kier molecular flexibility index (Phi) is 4.32. The van der Waals surface area contributed by atoms with Crippen LogP contribution in [0.1, 0.15) is 16.5 Å². The van der Waals surface area contributed by atoms with Gasteiger partial charge < -0.3 is 4.74 Å². The van der Waals surface area contributed by atoms with Crippen LogP contribution in [0.5, 0.6) is 5.75 Å². The fraction of sp³-hybridized carbons (Fsp3) is 0.125. The van der Waals surface area contributed by atoms with E-state index in [1.165, 1.54) is 4.70 Å². The molecule has 0 aliphatic carbocycles. The molecule has 0 aliphatic rings. The monoisotopic (exact) mass is 356 g/mol. The highest BCUT2D eigenvalue weighted by Crippen LogP contribution is 2.42. The van der Waals surface area contributed by atoms with E-state index in [1.54, 1.807) is 30.6 Å². The van der Waals surface area contributed by atoms with Crippen LogP contribution in [-0.4, -0.2) is 7.11 Å². The first kappa shape index (κ1) is 15.0. The summed E-state index contributed by atoms with van der Waals surface area (Å²) in [4.78, 5) is 0. The highest BCUT2D eigenvalue weighted by Gasteiger charge is 2.20. The van der Waals surface area contributed by atoms with Crippen LogP contribution in [0.25, 0.3) is 10.1 Å². The van der Waals surface area contributed by atoms with Crippen molar-refractivity contribution in [3.63, 3.8) is 0 Å². The maximum absolute atomic E-state index is 6.65. The Hall–Kier alpha value is -0.930. The number of alkyl halides is 1. The second kappa shape index (κ2) is 6.05. The van der Waals surface area contributed by atoms with E-state index in [0.29, 0.717) is 15.8 Å². The summed E-state index contributed by atoms with van der Waals surface area (Å²) in [6, 6.07) is 11.6. The molecule has 1 heterocycles. The second-order valence-electron chi connectivity index (χ2n) is 4.56. The van der Waals surface area contributed by atoms with E-state index in [1.807, 2.05) is 12.1 Å². The van der Waals surface area contributed by atoms with Crippen molar-refractivity contribution < 1.29 is 4.74 Å². The first-order valence-electron chi connectivity index (χ1n) is 6.25. The van der Waals surface area contributed by atoms with Gasteiger partial charge in [-0.15, -0.1) is 22.9 Å². The molecule has 108 valence electrons. The molecule has 0 spiro atoms. The van der Waals surface area contributed by atoms with Crippen molar-refractivity contribution >= 4 is 56.2 Å². The zero-order valence-electron chi connectivity index (χ0n) is 11.1. The summed E-state index contributed by atoms with van der Waals surface area (Å²) in [6.45, 7) is 0. The maximum atomic E-state index is 6.65. The number of ether oxygens (including phenoxy) is 1. The van der Waals surface area contributed by atoms with Gasteiger partial charge in [0.25, 0.3) is 0 Å². The average Bonchev–Trinajstić information content (AvgIpc) is 2.92. The quantitative estimate of drug-likeness (QED) is 0.483. The molecule has 1 unspecified atom stereocenters. The predicted molar refractivity (Wildman–Crippen MR) is 92.5 cm³/mol. The van der Waals surface area contributed by atoms with Crippen molar-refractivity contribution in [1.29, 1.82) is 0 Å². The van der Waals surface area contributed by atoms with E-state index < -0.39 is 0 Å². The molecule has 3 rings (SSSR count). The molecule has 0 saturated heterocycles. The van der Waals surface area contributed by atoms with Crippen LogP contribution in [0.2, 0.25) is 10.0 Å². The standard InChI is InChI=1S/C16H11Cl3OS/c1-20-14-7-12(17)10(6-13(14)18)16(19)11-8-21-15-5-3-2-4-9(11)15/h2-8,16H,1H3. The Morgan fingerprint density at radius 1 is 1.05 bits per heavy atom. The van der Waals surface area contributed by atoms with Crippen molar-refractivity contribution in [3.05, 3.63) is 63.0 Å². The Morgan fingerprint density at radius 3 is 2.57 bits per heavy atom. The van der Waals surface area contributed by atoms with E-state index in [-0.39, 0.29) is 5.38 Å². The van der Waals surface area contributed by atoms with Crippen molar-refractivity contribution in [2.75, 3.05) is 7.11 Å². The van der Waals surface area contributed by atoms with Crippen molar-refractivity contribution in [1.82, 2.24) is 0 Å². The van der Waals surface area contributed by atoms with Gasteiger partial charge in [-0.3, -0.25) is 0 Å². The third-order valence-corrected chi connectivity index (χ3v) is 5.40. The topological polar surface area (TPSA) is 9.23 Å². The van der Waals surface area contributed by atoms with Gasteiger partial charge in [0, 0.05) is 15.8 Å². The zero-order valence-corrected chi connectivity index (χ0v) is 14.2. The van der Waals surface area contributed by atoms with E-state index >= 15 is 0 Å². The molecule has 3 aromatic rings. The molecule has 5 heteroatoms. The number of methoxy groups -OCH3 is 1. The summed E-state index contributed by atoms with van der Waals surface area (Å²) in [6.07, 6.45) is 0. The minimum atomic E-state index is -0.350. The van der Waals surface area contributed by atoms with Crippen molar-refractivity contribution in [2.24, 2.45) is 0 Å². The van der Waals surface area contributed by atoms with E-state index in [2.05, 4.69) is 17.5 Å². The number of hydrogen-bond acceptors (Lipinski definition) is 2. The molecule has 0 aliphatic heterocycles. The summed E-state index contributed by atoms with van der Waals surface area (Å²) >= 11 is 20.8. The van der Waals surface area contributed by atoms with Gasteiger partial charge in [0.1, 0.15) is 5.75 Å². The van der Waals surface area contributed by atoms with Crippen LogP contribution in [0.3, 0.4) is 0 Å². The first-order valence-corrected chi connectivity index (χ1v) is 8.32. The Morgan fingerprint density at radius 2 is 1.81 bits per heavy atom. The van der Waals surface area contributed by atoms with Gasteiger partial charge in [0.05, 0.1) is 17.5 Å². The number of benzene rings is 2. The van der Waals surface area contributed by atoms with E-state index in [4.69, 9.17) is 39.5 Å². The van der Waals surface area contributed by atoms with Crippen LogP contribution in [0.15, 0.2) is 41.8 Å². The van der Waals surface area contributed by atoms with Gasteiger partial charge in [0.15, 0.2) is 0 Å². The van der Waals surface area contributed by atoms with Crippen LogP contribution in [0.4, 0.5) is 0 Å². The van der Waals surface area contributed by atoms with Gasteiger partial charge in [0.2, 0.25) is 0 Å². The molecule has 1 atom stereocenters. The third-order valence-electron chi connectivity index (χ3n) is 3.33. The summed E-state index contributed by atoms with van der Waals surface area (Å²) < 4.78 is 6.37. The molecule has 0 bridgehead atoms. The summed E-state index contributed by atoms with van der Waals surface area (Å²) in [5.41, 5.74) is 1.83. The molecule has 1 aromatic heterocycles. The lowest BCUT2D eigenvalue weighted by Gasteiger charge is -2.14. The lowest BCUT2D eigenvalue weighted by molar-refractivity contribution is 0.415. The summed E-state index contributed by atoms with van der Waals surface area (Å²) in [7, 11) is 1.56. The first-order chi connectivity index (χ1) is 10.1. The Labute approximate surface area is 142 Å². The van der Waals surface area contributed by atoms with Gasteiger partial charge in [-0.05, 0) is 34.0 Å². The molecule has 0 saturated carbocycles. The smallest absolute Gasteiger partial charge is 0.138 e. The average molecular weight is 358 g/mol. The highest BCUT2D eigenvalue weighted by molar-refractivity contribution is 7.17. The largest absolute Gasteiger partial charge is 0.495 e. The fourth-order valence-electron chi connectivity index (χ4n) is 2.26. The molecule has 2 aromatic carbocycles. The van der Waals surface area contributed by atoms with E-state index in [0.717, 1.165) is 16.5 Å². The molecular weight excluding hydrogens is 347 g/mol. The number of hydrogen-bond donors (Lipinski definition) is 0. The molecule has 0 amide bonds.